The van der Waals surface area contributed by atoms with Gasteiger partial charge in [-0.1, -0.05) is 36.4 Å². The van der Waals surface area contributed by atoms with E-state index in [1.165, 1.54) is 24.3 Å². The summed E-state index contributed by atoms with van der Waals surface area (Å²) in [7, 11) is 0. The molecule has 3 atom stereocenters. The molecule has 2 aromatic rings. The highest BCUT2D eigenvalue weighted by Gasteiger charge is 2.88. The monoisotopic (exact) mass is 360 g/mol. The highest BCUT2D eigenvalue weighted by molar-refractivity contribution is 5.91. The summed E-state index contributed by atoms with van der Waals surface area (Å²) < 4.78 is 44.2. The van der Waals surface area contributed by atoms with E-state index in [1.54, 1.807) is 36.4 Å². The Hall–Kier alpha value is -2.80. The summed E-state index contributed by atoms with van der Waals surface area (Å²) in [4.78, 5) is 24.4. The minimum atomic E-state index is -3.45. The first-order valence-electron chi connectivity index (χ1n) is 7.99. The number of alkyl halides is 2. The molecule has 0 bridgehead atoms. The average Bonchev–Trinajstić information content (AvgIpc) is 3.18. The van der Waals surface area contributed by atoms with E-state index in [4.69, 9.17) is 14.2 Å². The molecule has 2 fully saturated rings. The molecule has 0 spiro atoms. The summed E-state index contributed by atoms with van der Waals surface area (Å²) in [5.41, 5.74) is -1.95. The predicted molar refractivity (Wildman–Crippen MR) is 84.9 cm³/mol. The molecule has 0 amide bonds. The summed E-state index contributed by atoms with van der Waals surface area (Å²) in [5, 5.41) is 0. The second-order valence-electron chi connectivity index (χ2n) is 6.18. The molecule has 2 aromatic carbocycles. The highest BCUT2D eigenvalue weighted by Crippen LogP contribution is 2.60. The van der Waals surface area contributed by atoms with Crippen LogP contribution in [0.4, 0.5) is 8.78 Å². The topological polar surface area (TPSA) is 61.8 Å². The lowest BCUT2D eigenvalue weighted by atomic mass is 10.1. The van der Waals surface area contributed by atoms with E-state index in [-0.39, 0.29) is 11.1 Å². The lowest BCUT2D eigenvalue weighted by Gasteiger charge is -2.23. The Kier molecular flexibility index (Phi) is 3.77. The first kappa shape index (κ1) is 16.7. The fraction of sp³-hybridized carbons (Fsp3) is 0.263. The van der Waals surface area contributed by atoms with Gasteiger partial charge < -0.3 is 14.2 Å². The first-order chi connectivity index (χ1) is 12.5. The molecule has 26 heavy (non-hydrogen) atoms. The van der Waals surface area contributed by atoms with E-state index < -0.39 is 42.3 Å². The van der Waals surface area contributed by atoms with Crippen LogP contribution in [0.3, 0.4) is 0 Å². The van der Waals surface area contributed by atoms with Gasteiger partial charge in [-0.05, 0) is 24.3 Å². The third-order valence-corrected chi connectivity index (χ3v) is 4.54. The van der Waals surface area contributed by atoms with E-state index in [2.05, 4.69) is 0 Å². The van der Waals surface area contributed by atoms with E-state index in [0.29, 0.717) is 0 Å². The van der Waals surface area contributed by atoms with Gasteiger partial charge in [0, 0.05) is 0 Å². The lowest BCUT2D eigenvalue weighted by Crippen LogP contribution is -2.44. The number of carbonyl (C=O) groups is 2. The molecular formula is C19H14F2O5. The minimum Gasteiger partial charge on any atom is -0.451 e. The molecule has 0 aromatic heterocycles. The second kappa shape index (κ2) is 5.88. The number of halogens is 2. The van der Waals surface area contributed by atoms with Gasteiger partial charge in [0.15, 0.2) is 6.10 Å². The average molecular weight is 360 g/mol. The van der Waals surface area contributed by atoms with Gasteiger partial charge in [0.25, 0.3) is 0 Å². The van der Waals surface area contributed by atoms with Crippen LogP contribution < -0.4 is 0 Å². The van der Waals surface area contributed by atoms with Gasteiger partial charge in [-0.2, -0.15) is 8.78 Å². The Morgan fingerprint density at radius 2 is 1.46 bits per heavy atom. The van der Waals surface area contributed by atoms with Crippen molar-refractivity contribution in [3.8, 4) is 0 Å². The number of carbonyl (C=O) groups excluding carboxylic acids is 2. The fourth-order valence-electron chi connectivity index (χ4n) is 3.12. The zero-order valence-electron chi connectivity index (χ0n) is 13.4. The quantitative estimate of drug-likeness (QED) is 0.785. The summed E-state index contributed by atoms with van der Waals surface area (Å²) in [5.74, 6) is -5.15. The summed E-state index contributed by atoms with van der Waals surface area (Å²) >= 11 is 0. The van der Waals surface area contributed by atoms with E-state index in [9.17, 15) is 18.4 Å². The normalized spacial score (nSPS) is 28.1. The minimum absolute atomic E-state index is 0.128. The van der Waals surface area contributed by atoms with E-state index in [1.807, 2.05) is 0 Å². The molecule has 0 radical (unpaired) electrons. The molecule has 0 N–H and O–H groups in total. The molecule has 5 nitrogen and oxygen atoms in total. The number of hydrogen-bond donors (Lipinski definition) is 0. The van der Waals surface area contributed by atoms with Crippen molar-refractivity contribution in [3.05, 3.63) is 71.8 Å². The maximum absolute atomic E-state index is 14.4. The van der Waals surface area contributed by atoms with Crippen LogP contribution in [0.1, 0.15) is 20.7 Å². The van der Waals surface area contributed by atoms with Crippen LogP contribution in [-0.4, -0.2) is 42.3 Å². The molecule has 1 heterocycles. The summed E-state index contributed by atoms with van der Waals surface area (Å²) in [6.07, 6.45) is -2.54. The molecule has 134 valence electrons. The van der Waals surface area contributed by atoms with Crippen LogP contribution in [0.2, 0.25) is 0 Å². The van der Waals surface area contributed by atoms with Crippen molar-refractivity contribution in [2.75, 3.05) is 6.61 Å². The number of esters is 2. The van der Waals surface area contributed by atoms with Gasteiger partial charge >= 0.3 is 17.9 Å². The Labute approximate surface area is 147 Å². The molecule has 7 heteroatoms. The number of hydrogen-bond acceptors (Lipinski definition) is 5. The third kappa shape index (κ3) is 2.47. The smallest absolute Gasteiger partial charge is 0.339 e. The fourth-order valence-corrected chi connectivity index (χ4v) is 3.12. The molecule has 1 unspecified atom stereocenters. The van der Waals surface area contributed by atoms with Crippen LogP contribution in [-0.2, 0) is 14.2 Å². The van der Waals surface area contributed by atoms with Crippen molar-refractivity contribution in [3.63, 3.8) is 0 Å². The van der Waals surface area contributed by atoms with Crippen molar-refractivity contribution in [2.24, 2.45) is 0 Å². The van der Waals surface area contributed by atoms with Crippen LogP contribution in [0, 0.1) is 0 Å². The Balaban J connectivity index is 1.56. The van der Waals surface area contributed by atoms with Gasteiger partial charge in [-0.3, -0.25) is 0 Å². The van der Waals surface area contributed by atoms with Gasteiger partial charge in [0.1, 0.15) is 12.7 Å². The van der Waals surface area contributed by atoms with Crippen LogP contribution in [0.15, 0.2) is 60.7 Å². The highest BCUT2D eigenvalue weighted by atomic mass is 19.3. The van der Waals surface area contributed by atoms with Crippen molar-refractivity contribution in [2.45, 2.75) is 23.7 Å². The van der Waals surface area contributed by atoms with E-state index >= 15 is 0 Å². The molecule has 2 aliphatic rings. The third-order valence-electron chi connectivity index (χ3n) is 4.54. The maximum atomic E-state index is 14.4. The zero-order valence-corrected chi connectivity index (χ0v) is 13.4. The molecule has 1 aliphatic carbocycles. The molecule has 1 aliphatic heterocycles. The maximum Gasteiger partial charge on any atom is 0.339 e. The van der Waals surface area contributed by atoms with Gasteiger partial charge in [-0.25, -0.2) is 9.59 Å². The van der Waals surface area contributed by atoms with Crippen LogP contribution >= 0.6 is 0 Å². The summed E-state index contributed by atoms with van der Waals surface area (Å²) in [6.45, 7) is -0.890. The zero-order chi connectivity index (χ0) is 18.4. The number of benzene rings is 2. The molecular weight excluding hydrogens is 346 g/mol. The van der Waals surface area contributed by atoms with Gasteiger partial charge in [0.2, 0.25) is 5.60 Å². The van der Waals surface area contributed by atoms with Crippen molar-refractivity contribution in [1.29, 1.82) is 0 Å². The standard InChI is InChI=1S/C19H14F2O5/c20-18(21)11-24-14-15(25-16(22)12-7-3-1-4-8-12)19(14,18)26-17(23)13-9-5-2-6-10-13/h1-10,14-15H,11H2/t14-,15?,19+/m1/s1. The Bertz CT molecular complexity index is 840. The lowest BCUT2D eigenvalue weighted by molar-refractivity contribution is -0.142. The van der Waals surface area contributed by atoms with Crippen molar-refractivity contribution < 1.29 is 32.6 Å². The van der Waals surface area contributed by atoms with Crippen molar-refractivity contribution in [1.82, 2.24) is 0 Å². The Morgan fingerprint density at radius 1 is 0.923 bits per heavy atom. The molecule has 1 saturated heterocycles. The predicted octanol–water partition coefficient (Wildman–Crippen LogP) is 2.86. The largest absolute Gasteiger partial charge is 0.451 e. The first-order valence-corrected chi connectivity index (χ1v) is 7.99. The van der Waals surface area contributed by atoms with Gasteiger partial charge in [-0.15, -0.1) is 0 Å². The number of fused-ring (bicyclic) bond motifs is 1. The van der Waals surface area contributed by atoms with E-state index in [0.717, 1.165) is 0 Å². The van der Waals surface area contributed by atoms with Gasteiger partial charge in [0.05, 0.1) is 11.1 Å². The van der Waals surface area contributed by atoms with Crippen LogP contribution in [0.5, 0.6) is 0 Å². The number of rotatable bonds is 4. The van der Waals surface area contributed by atoms with Crippen molar-refractivity contribution >= 4 is 11.9 Å². The second-order valence-corrected chi connectivity index (χ2v) is 6.18. The number of ether oxygens (including phenoxy) is 3. The van der Waals surface area contributed by atoms with Crippen LogP contribution in [0.25, 0.3) is 0 Å². The Morgan fingerprint density at radius 3 is 2.04 bits per heavy atom. The SMILES string of the molecule is O=C(OC1[C@H]2OCC(F)(F)[C@@]12OC(=O)c1ccccc1)c1ccccc1. The molecule has 1 saturated carbocycles. The summed E-state index contributed by atoms with van der Waals surface area (Å²) in [6, 6.07) is 15.7. The molecule has 4 rings (SSSR count).